The van der Waals surface area contributed by atoms with Crippen LogP contribution in [-0.2, 0) is 8.98 Å². The van der Waals surface area contributed by atoms with Gasteiger partial charge >= 0.3 is 5.97 Å². The minimum absolute atomic E-state index is 0.344. The lowest BCUT2D eigenvalue weighted by molar-refractivity contribution is -0.130. The van der Waals surface area contributed by atoms with Crippen LogP contribution in [0, 0.1) is 0 Å². The third kappa shape index (κ3) is 21.0. The average molecular weight is 287 g/mol. The number of hydrogen-bond donors (Lipinski definition) is 6. The summed E-state index contributed by atoms with van der Waals surface area (Å²) >= 11 is 3.17. The molecule has 18 heavy (non-hydrogen) atoms. The van der Waals surface area contributed by atoms with Gasteiger partial charge in [-0.05, 0) is 6.42 Å². The smallest absolute Gasteiger partial charge is 0.314 e. The minimum Gasteiger partial charge on any atom is -0.396 e. The highest BCUT2D eigenvalue weighted by molar-refractivity contribution is 7.75. The van der Waals surface area contributed by atoms with Crippen molar-refractivity contribution >= 4 is 18.9 Å². The molecule has 0 aromatic heterocycles. The fourth-order valence-corrected chi connectivity index (χ4v) is 0.308. The molecule has 8 heteroatoms. The molecule has 0 aliphatic rings. The van der Waals surface area contributed by atoms with Gasteiger partial charge in [0.25, 0.3) is 0 Å². The summed E-state index contributed by atoms with van der Waals surface area (Å²) in [6.07, 6.45) is 2.04. The van der Waals surface area contributed by atoms with E-state index in [0.29, 0.717) is 6.61 Å². The molecule has 0 aromatic rings. The number of rotatable bonds is 5. The quantitative estimate of drug-likeness (QED) is 0.277. The highest BCUT2D eigenvalue weighted by Crippen LogP contribution is 1.93. The first-order valence-electron chi connectivity index (χ1n) is 5.41. The minimum atomic E-state index is -1.21. The summed E-state index contributed by atoms with van der Waals surface area (Å²) < 4.78 is 3.81. The highest BCUT2D eigenvalue weighted by Gasteiger charge is 2.20. The Morgan fingerprint density at radius 1 is 1.22 bits per heavy atom. The summed E-state index contributed by atoms with van der Waals surface area (Å²) in [5.41, 5.74) is 3.94. The van der Waals surface area contributed by atoms with Gasteiger partial charge < -0.3 is 30.3 Å². The third-order valence-electron chi connectivity index (χ3n) is 1.58. The van der Waals surface area contributed by atoms with Crippen molar-refractivity contribution in [2.45, 2.75) is 32.2 Å². The van der Waals surface area contributed by atoms with E-state index >= 15 is 0 Å². The van der Waals surface area contributed by atoms with E-state index in [4.69, 9.17) is 26.2 Å². The lowest BCUT2D eigenvalue weighted by atomic mass is 10.1. The number of carbonyl (C=O) groups excluding carboxylic acids is 1. The Kier molecular flexibility index (Phi) is 21.0. The van der Waals surface area contributed by atoms with Gasteiger partial charge in [-0.3, -0.25) is 4.79 Å². The van der Waals surface area contributed by atoms with Gasteiger partial charge in [0.1, 0.15) is 0 Å². The van der Waals surface area contributed by atoms with Gasteiger partial charge in [0.2, 0.25) is 0 Å². The SMILES string of the molecule is CC(=O)OS.CCCCO.NC(CO)(CO)CO. The van der Waals surface area contributed by atoms with Gasteiger partial charge in [0.15, 0.2) is 0 Å². The number of thiol groups is 1. The molecule has 0 rings (SSSR count). The Labute approximate surface area is 113 Å². The summed E-state index contributed by atoms with van der Waals surface area (Å²) in [5, 5.41) is 33.1. The first-order chi connectivity index (χ1) is 8.37. The maximum atomic E-state index is 9.51. The van der Waals surface area contributed by atoms with E-state index in [-0.39, 0.29) is 5.97 Å². The fraction of sp³-hybridized carbons (Fsp3) is 0.900. The molecule has 0 heterocycles. The van der Waals surface area contributed by atoms with Gasteiger partial charge in [0.05, 0.1) is 25.4 Å². The normalized spacial score (nSPS) is 9.56. The first-order valence-corrected chi connectivity index (χ1v) is 5.78. The van der Waals surface area contributed by atoms with Crippen molar-refractivity contribution in [1.29, 1.82) is 0 Å². The summed E-state index contributed by atoms with van der Waals surface area (Å²) in [5.74, 6) is -0.381. The summed E-state index contributed by atoms with van der Waals surface area (Å²) in [4.78, 5) is 9.51. The van der Waals surface area contributed by atoms with Gasteiger partial charge in [0, 0.05) is 26.4 Å². The van der Waals surface area contributed by atoms with Crippen molar-refractivity contribution in [3.63, 3.8) is 0 Å². The van der Waals surface area contributed by atoms with Gasteiger partial charge in [-0.1, -0.05) is 13.3 Å². The van der Waals surface area contributed by atoms with Crippen LogP contribution in [0.4, 0.5) is 0 Å². The lowest BCUT2D eigenvalue weighted by Gasteiger charge is -2.20. The number of aliphatic hydroxyl groups excluding tert-OH is 4. The van der Waals surface area contributed by atoms with Crippen molar-refractivity contribution in [3.8, 4) is 0 Å². The van der Waals surface area contributed by atoms with Gasteiger partial charge in [-0.15, -0.1) is 0 Å². The Balaban J connectivity index is -0.000000197. The Hall–Kier alpha value is -0.380. The van der Waals surface area contributed by atoms with Crippen LogP contribution in [0.2, 0.25) is 0 Å². The Morgan fingerprint density at radius 3 is 1.56 bits per heavy atom. The number of aliphatic hydroxyl groups is 4. The van der Waals surface area contributed by atoms with Crippen LogP contribution in [0.5, 0.6) is 0 Å². The van der Waals surface area contributed by atoms with Crippen LogP contribution >= 0.6 is 12.9 Å². The monoisotopic (exact) mass is 287 g/mol. The van der Waals surface area contributed by atoms with E-state index in [9.17, 15) is 4.79 Å². The predicted octanol–water partition coefficient (Wildman–Crippen LogP) is -1.17. The third-order valence-corrected chi connectivity index (χ3v) is 1.84. The Bertz CT molecular complexity index is 167. The van der Waals surface area contributed by atoms with Crippen molar-refractivity contribution in [2.75, 3.05) is 26.4 Å². The molecule has 0 aliphatic heterocycles. The van der Waals surface area contributed by atoms with E-state index in [1.807, 2.05) is 0 Å². The average Bonchev–Trinajstić information content (AvgIpc) is 2.40. The van der Waals surface area contributed by atoms with Crippen LogP contribution in [0.15, 0.2) is 0 Å². The fourth-order valence-electron chi connectivity index (χ4n) is 0.308. The topological polar surface area (TPSA) is 133 Å². The molecular weight excluding hydrogens is 262 g/mol. The van der Waals surface area contributed by atoms with E-state index in [1.165, 1.54) is 6.92 Å². The lowest BCUT2D eigenvalue weighted by Crippen LogP contribution is -2.50. The molecule has 0 saturated carbocycles. The second kappa shape index (κ2) is 16.6. The number of carbonyl (C=O) groups is 1. The molecule has 0 atom stereocenters. The molecule has 0 amide bonds. The molecule has 0 fully saturated rings. The molecule has 7 nitrogen and oxygen atoms in total. The second-order valence-electron chi connectivity index (χ2n) is 3.50. The van der Waals surface area contributed by atoms with Crippen LogP contribution in [0.1, 0.15) is 26.7 Å². The molecule has 0 aromatic carbocycles. The molecule has 0 bridgehead atoms. The van der Waals surface area contributed by atoms with E-state index in [1.54, 1.807) is 0 Å². The van der Waals surface area contributed by atoms with Crippen molar-refractivity contribution < 1.29 is 29.4 Å². The predicted molar refractivity (Wildman–Crippen MR) is 70.9 cm³/mol. The molecule has 0 radical (unpaired) electrons. The largest absolute Gasteiger partial charge is 0.396 e. The summed E-state index contributed by atoms with van der Waals surface area (Å²) in [6.45, 7) is 2.47. The molecule has 6 N–H and O–H groups in total. The van der Waals surface area contributed by atoms with Gasteiger partial charge in [-0.2, -0.15) is 0 Å². The maximum Gasteiger partial charge on any atom is 0.314 e. The molecular formula is C10H25NO6S. The molecule has 0 aliphatic carbocycles. The molecule has 0 saturated heterocycles. The standard InChI is InChI=1S/C4H11NO3.C4H10O.C2H4O2S/c5-4(1-6,2-7)3-8;1-2-3-4-5;1-2(3)4-5/h6-8H,1-3,5H2;5H,2-4H2,1H3;5H,1H3. The first kappa shape index (κ1) is 22.8. The molecule has 0 unspecified atom stereocenters. The van der Waals surface area contributed by atoms with E-state index in [0.717, 1.165) is 12.8 Å². The number of unbranched alkanes of at least 4 members (excludes halogenated alkanes) is 1. The zero-order chi connectivity index (χ0) is 15.0. The van der Waals surface area contributed by atoms with Crippen LogP contribution < -0.4 is 5.73 Å². The van der Waals surface area contributed by atoms with Crippen molar-refractivity contribution in [3.05, 3.63) is 0 Å². The zero-order valence-electron chi connectivity index (χ0n) is 10.9. The summed E-state index contributed by atoms with van der Waals surface area (Å²) in [6, 6.07) is 0. The van der Waals surface area contributed by atoms with E-state index < -0.39 is 25.4 Å². The Morgan fingerprint density at radius 2 is 1.56 bits per heavy atom. The van der Waals surface area contributed by atoms with Crippen LogP contribution in [-0.4, -0.2) is 58.4 Å². The summed E-state index contributed by atoms with van der Waals surface area (Å²) in [7, 11) is 0. The number of nitrogens with two attached hydrogens (primary N) is 1. The van der Waals surface area contributed by atoms with Crippen LogP contribution in [0.25, 0.3) is 0 Å². The maximum absolute atomic E-state index is 9.51. The molecule has 0 spiro atoms. The van der Waals surface area contributed by atoms with Crippen molar-refractivity contribution in [1.82, 2.24) is 0 Å². The number of hydrogen-bond acceptors (Lipinski definition) is 8. The zero-order valence-corrected chi connectivity index (χ0v) is 11.8. The second-order valence-corrected chi connectivity index (χ2v) is 3.68. The highest BCUT2D eigenvalue weighted by atomic mass is 32.1. The van der Waals surface area contributed by atoms with Gasteiger partial charge in [-0.25, -0.2) is 0 Å². The van der Waals surface area contributed by atoms with Crippen LogP contribution in [0.3, 0.4) is 0 Å². The molecule has 112 valence electrons. The van der Waals surface area contributed by atoms with E-state index in [2.05, 4.69) is 24.0 Å². The van der Waals surface area contributed by atoms with Crippen molar-refractivity contribution in [2.24, 2.45) is 5.73 Å².